The number of nitrogens with one attached hydrogen (secondary N) is 2. The van der Waals surface area contributed by atoms with E-state index in [0.717, 1.165) is 36.9 Å². The molecule has 1 aliphatic rings. The van der Waals surface area contributed by atoms with Crippen LogP contribution >= 0.6 is 0 Å². The van der Waals surface area contributed by atoms with Gasteiger partial charge in [-0.05, 0) is 36.6 Å². The van der Waals surface area contributed by atoms with Crippen molar-refractivity contribution in [3.63, 3.8) is 0 Å². The Morgan fingerprint density at radius 3 is 2.74 bits per heavy atom. The van der Waals surface area contributed by atoms with Crippen LogP contribution in [0.4, 0.5) is 4.79 Å². The first-order valence-electron chi connectivity index (χ1n) is 8.04. The zero-order chi connectivity index (χ0) is 16.1. The van der Waals surface area contributed by atoms with Crippen LogP contribution in [0, 0.1) is 0 Å². The van der Waals surface area contributed by atoms with Crippen LogP contribution in [0.25, 0.3) is 5.69 Å². The van der Waals surface area contributed by atoms with E-state index < -0.39 is 6.10 Å². The maximum absolute atomic E-state index is 11.9. The summed E-state index contributed by atoms with van der Waals surface area (Å²) in [6, 6.07) is 9.37. The minimum atomic E-state index is -0.428. The molecule has 6 heteroatoms. The standard InChI is InChI=1S/C17H22N4O2/c22-16-5-2-1-4-15(16)20-17(23)18-12-13-6-8-14(9-7-13)21-11-3-10-19-21/h3,6-11,15-16,22H,1-2,4-5,12H2,(H2,18,20,23). The maximum atomic E-state index is 11.9. The summed E-state index contributed by atoms with van der Waals surface area (Å²) in [6.07, 6.45) is 6.88. The molecule has 0 radical (unpaired) electrons. The minimum Gasteiger partial charge on any atom is -0.391 e. The Labute approximate surface area is 135 Å². The third kappa shape index (κ3) is 4.10. The predicted molar refractivity (Wildman–Crippen MR) is 87.2 cm³/mol. The maximum Gasteiger partial charge on any atom is 0.315 e. The number of urea groups is 1. The summed E-state index contributed by atoms with van der Waals surface area (Å²) in [7, 11) is 0. The summed E-state index contributed by atoms with van der Waals surface area (Å²) in [5.41, 5.74) is 1.99. The summed E-state index contributed by atoms with van der Waals surface area (Å²) in [5.74, 6) is 0. The van der Waals surface area contributed by atoms with Crippen molar-refractivity contribution in [3.8, 4) is 5.69 Å². The first-order chi connectivity index (χ1) is 11.2. The number of aromatic nitrogens is 2. The normalized spacial score (nSPS) is 20.9. The summed E-state index contributed by atoms with van der Waals surface area (Å²) < 4.78 is 1.79. The molecule has 3 rings (SSSR count). The largest absolute Gasteiger partial charge is 0.391 e. The van der Waals surface area contributed by atoms with Crippen molar-refractivity contribution in [2.45, 2.75) is 44.4 Å². The molecule has 3 N–H and O–H groups in total. The number of carbonyl (C=O) groups is 1. The third-order valence-corrected chi connectivity index (χ3v) is 4.20. The van der Waals surface area contributed by atoms with Gasteiger partial charge in [0, 0.05) is 18.9 Å². The molecular weight excluding hydrogens is 292 g/mol. The number of hydrogen-bond donors (Lipinski definition) is 3. The number of amides is 2. The van der Waals surface area contributed by atoms with Gasteiger partial charge in [-0.2, -0.15) is 5.10 Å². The van der Waals surface area contributed by atoms with Crippen molar-refractivity contribution >= 4 is 6.03 Å². The molecule has 1 fully saturated rings. The van der Waals surface area contributed by atoms with Gasteiger partial charge in [0.2, 0.25) is 0 Å². The molecule has 2 unspecified atom stereocenters. The minimum absolute atomic E-state index is 0.133. The van der Waals surface area contributed by atoms with E-state index in [1.165, 1.54) is 0 Å². The molecule has 2 atom stereocenters. The average Bonchev–Trinajstić information content (AvgIpc) is 3.10. The number of rotatable bonds is 4. The summed E-state index contributed by atoms with van der Waals surface area (Å²) >= 11 is 0. The fourth-order valence-corrected chi connectivity index (χ4v) is 2.87. The van der Waals surface area contributed by atoms with E-state index in [4.69, 9.17) is 0 Å². The molecule has 1 aromatic heterocycles. The lowest BCUT2D eigenvalue weighted by atomic mass is 9.93. The Morgan fingerprint density at radius 1 is 1.26 bits per heavy atom. The highest BCUT2D eigenvalue weighted by molar-refractivity contribution is 5.74. The number of nitrogens with zero attached hydrogens (tertiary/aromatic N) is 2. The van der Waals surface area contributed by atoms with Crippen molar-refractivity contribution < 1.29 is 9.90 Å². The van der Waals surface area contributed by atoms with Gasteiger partial charge in [-0.1, -0.05) is 25.0 Å². The third-order valence-electron chi connectivity index (χ3n) is 4.20. The van der Waals surface area contributed by atoms with Crippen LogP contribution in [0.15, 0.2) is 42.7 Å². The van der Waals surface area contributed by atoms with Crippen LogP contribution in [-0.4, -0.2) is 33.1 Å². The van der Waals surface area contributed by atoms with Crippen LogP contribution < -0.4 is 10.6 Å². The Balaban J connectivity index is 1.49. The quantitative estimate of drug-likeness (QED) is 0.807. The number of hydrogen-bond acceptors (Lipinski definition) is 3. The second-order valence-electron chi connectivity index (χ2n) is 5.90. The van der Waals surface area contributed by atoms with Crippen LogP contribution in [-0.2, 0) is 6.54 Å². The Morgan fingerprint density at radius 2 is 2.04 bits per heavy atom. The molecule has 2 amide bonds. The van der Waals surface area contributed by atoms with Crippen molar-refractivity contribution in [2.75, 3.05) is 0 Å². The Hall–Kier alpha value is -2.34. The lowest BCUT2D eigenvalue weighted by Gasteiger charge is -2.28. The van der Waals surface area contributed by atoms with Crippen molar-refractivity contribution in [1.82, 2.24) is 20.4 Å². The molecule has 1 aromatic carbocycles. The topological polar surface area (TPSA) is 79.2 Å². The molecular formula is C17H22N4O2. The fourth-order valence-electron chi connectivity index (χ4n) is 2.87. The summed E-state index contributed by atoms with van der Waals surface area (Å²) in [6.45, 7) is 0.452. The predicted octanol–water partition coefficient (Wildman–Crippen LogP) is 1.98. The SMILES string of the molecule is O=C(NCc1ccc(-n2cccn2)cc1)NC1CCCCC1O. The number of aliphatic hydroxyl groups is 1. The van der Waals surface area contributed by atoms with E-state index in [2.05, 4.69) is 15.7 Å². The fraction of sp³-hybridized carbons (Fsp3) is 0.412. The van der Waals surface area contributed by atoms with Gasteiger partial charge in [-0.3, -0.25) is 0 Å². The molecule has 1 aliphatic carbocycles. The first kappa shape index (κ1) is 15.6. The van der Waals surface area contributed by atoms with Gasteiger partial charge in [-0.15, -0.1) is 0 Å². The van der Waals surface area contributed by atoms with E-state index >= 15 is 0 Å². The van der Waals surface area contributed by atoms with Gasteiger partial charge in [0.25, 0.3) is 0 Å². The first-order valence-corrected chi connectivity index (χ1v) is 8.04. The molecule has 23 heavy (non-hydrogen) atoms. The number of carbonyl (C=O) groups excluding carboxylic acids is 1. The average molecular weight is 314 g/mol. The highest BCUT2D eigenvalue weighted by Gasteiger charge is 2.24. The summed E-state index contributed by atoms with van der Waals surface area (Å²) in [5, 5.41) is 19.7. The van der Waals surface area contributed by atoms with Crippen molar-refractivity contribution in [3.05, 3.63) is 48.3 Å². The van der Waals surface area contributed by atoms with Crippen molar-refractivity contribution in [2.24, 2.45) is 0 Å². The number of benzene rings is 1. The smallest absolute Gasteiger partial charge is 0.315 e. The highest BCUT2D eigenvalue weighted by atomic mass is 16.3. The molecule has 122 valence electrons. The van der Waals surface area contributed by atoms with Crippen LogP contribution in [0.5, 0.6) is 0 Å². The lowest BCUT2D eigenvalue weighted by molar-refractivity contribution is 0.0943. The zero-order valence-electron chi connectivity index (χ0n) is 13.0. The number of aliphatic hydroxyl groups excluding tert-OH is 1. The van der Waals surface area contributed by atoms with Gasteiger partial charge in [0.05, 0.1) is 17.8 Å². The van der Waals surface area contributed by atoms with Gasteiger partial charge in [0.1, 0.15) is 0 Å². The molecule has 0 spiro atoms. The molecule has 0 aliphatic heterocycles. The van der Waals surface area contributed by atoms with E-state index in [1.54, 1.807) is 10.9 Å². The Kier molecular flexibility index (Phi) is 4.92. The zero-order valence-corrected chi connectivity index (χ0v) is 13.0. The summed E-state index contributed by atoms with van der Waals surface area (Å²) in [4.78, 5) is 11.9. The van der Waals surface area contributed by atoms with E-state index in [0.29, 0.717) is 6.54 Å². The Bertz CT molecular complexity index is 625. The van der Waals surface area contributed by atoms with Gasteiger partial charge in [0.15, 0.2) is 0 Å². The molecule has 0 saturated heterocycles. The molecule has 2 aromatic rings. The lowest BCUT2D eigenvalue weighted by Crippen LogP contribution is -2.48. The van der Waals surface area contributed by atoms with E-state index in [-0.39, 0.29) is 12.1 Å². The van der Waals surface area contributed by atoms with Crippen LogP contribution in [0.1, 0.15) is 31.2 Å². The van der Waals surface area contributed by atoms with E-state index in [9.17, 15) is 9.90 Å². The van der Waals surface area contributed by atoms with Gasteiger partial charge < -0.3 is 15.7 Å². The molecule has 0 bridgehead atoms. The molecule has 1 saturated carbocycles. The second-order valence-corrected chi connectivity index (χ2v) is 5.90. The highest BCUT2D eigenvalue weighted by Crippen LogP contribution is 2.18. The monoisotopic (exact) mass is 314 g/mol. The van der Waals surface area contributed by atoms with Crippen molar-refractivity contribution in [1.29, 1.82) is 0 Å². The van der Waals surface area contributed by atoms with E-state index in [1.807, 2.05) is 36.5 Å². The molecule has 6 nitrogen and oxygen atoms in total. The van der Waals surface area contributed by atoms with Crippen LogP contribution in [0.2, 0.25) is 0 Å². The van der Waals surface area contributed by atoms with Gasteiger partial charge in [-0.25, -0.2) is 9.48 Å². The van der Waals surface area contributed by atoms with Crippen LogP contribution in [0.3, 0.4) is 0 Å². The second kappa shape index (κ2) is 7.28. The molecule has 1 heterocycles. The van der Waals surface area contributed by atoms with Gasteiger partial charge >= 0.3 is 6.03 Å².